The normalized spacial score (nSPS) is 15.6. The van der Waals surface area contributed by atoms with Gasteiger partial charge in [-0.25, -0.2) is 12.8 Å². The van der Waals surface area contributed by atoms with E-state index >= 15 is 0 Å². The highest BCUT2D eigenvalue weighted by Crippen LogP contribution is 2.34. The molecule has 0 aromatic heterocycles. The molecule has 2 aromatic carbocycles. The summed E-state index contributed by atoms with van der Waals surface area (Å²) in [6.07, 6.45) is 0. The van der Waals surface area contributed by atoms with E-state index in [-0.39, 0.29) is 9.79 Å². The molecule has 3 rings (SSSR count). The molecule has 0 N–H and O–H groups in total. The van der Waals surface area contributed by atoms with E-state index < -0.39 is 28.0 Å². The van der Waals surface area contributed by atoms with Crippen molar-refractivity contribution in [2.75, 3.05) is 45.2 Å². The maximum Gasteiger partial charge on any atom is 0.387 e. The third-order valence-electron chi connectivity index (χ3n) is 4.73. The highest BCUT2D eigenvalue weighted by atomic mass is 32.2. The van der Waals surface area contributed by atoms with E-state index in [1.807, 2.05) is 11.9 Å². The maximum absolute atomic E-state index is 13.7. The van der Waals surface area contributed by atoms with E-state index in [0.29, 0.717) is 24.5 Å². The Balaban J connectivity index is 2.00. The van der Waals surface area contributed by atoms with E-state index in [1.165, 1.54) is 19.2 Å². The van der Waals surface area contributed by atoms with Crippen molar-refractivity contribution in [3.63, 3.8) is 0 Å². The molecule has 29 heavy (non-hydrogen) atoms. The minimum absolute atomic E-state index is 0.0539. The van der Waals surface area contributed by atoms with E-state index in [9.17, 15) is 21.6 Å². The highest BCUT2D eigenvalue weighted by molar-refractivity contribution is 7.91. The van der Waals surface area contributed by atoms with E-state index in [1.54, 1.807) is 6.07 Å². The molecule has 0 spiro atoms. The van der Waals surface area contributed by atoms with Crippen LogP contribution in [0.1, 0.15) is 0 Å². The second-order valence-electron chi connectivity index (χ2n) is 6.60. The van der Waals surface area contributed by atoms with Crippen LogP contribution in [0.2, 0.25) is 0 Å². The molecule has 1 fully saturated rings. The molecule has 0 aliphatic carbocycles. The molecule has 0 saturated carbocycles. The molecule has 10 heteroatoms. The SMILES string of the molecule is COc1ccc(S(=O)(=O)c2ccc(F)c(OC(F)F)c2)cc1N1CCN(C)CC1. The second-order valence-corrected chi connectivity index (χ2v) is 8.55. The van der Waals surface area contributed by atoms with Crippen LogP contribution >= 0.6 is 0 Å². The molecule has 6 nitrogen and oxygen atoms in total. The lowest BCUT2D eigenvalue weighted by atomic mass is 10.2. The van der Waals surface area contributed by atoms with Gasteiger partial charge in [-0.3, -0.25) is 0 Å². The van der Waals surface area contributed by atoms with Gasteiger partial charge in [0.1, 0.15) is 5.75 Å². The average molecular weight is 430 g/mol. The minimum atomic E-state index is -4.10. The number of hydrogen-bond donors (Lipinski definition) is 0. The van der Waals surface area contributed by atoms with Crippen molar-refractivity contribution in [3.8, 4) is 11.5 Å². The molecule has 158 valence electrons. The van der Waals surface area contributed by atoms with Gasteiger partial charge in [0.15, 0.2) is 11.6 Å². The Bertz CT molecular complexity index is 977. The van der Waals surface area contributed by atoms with Gasteiger partial charge in [-0.05, 0) is 37.4 Å². The van der Waals surface area contributed by atoms with Crippen molar-refractivity contribution in [2.24, 2.45) is 0 Å². The number of nitrogens with zero attached hydrogens (tertiary/aromatic N) is 2. The highest BCUT2D eigenvalue weighted by Gasteiger charge is 2.24. The Kier molecular flexibility index (Phi) is 6.23. The number of likely N-dealkylation sites (N-methyl/N-ethyl adjacent to an activating group) is 1. The molecule has 0 bridgehead atoms. The lowest BCUT2D eigenvalue weighted by Crippen LogP contribution is -2.44. The smallest absolute Gasteiger partial charge is 0.387 e. The average Bonchev–Trinajstić information content (AvgIpc) is 2.69. The van der Waals surface area contributed by atoms with Gasteiger partial charge in [0.25, 0.3) is 0 Å². The predicted molar refractivity (Wildman–Crippen MR) is 101 cm³/mol. The van der Waals surface area contributed by atoms with Crippen molar-refractivity contribution in [3.05, 3.63) is 42.2 Å². The number of ether oxygens (including phenoxy) is 2. The number of alkyl halides is 2. The minimum Gasteiger partial charge on any atom is -0.495 e. The largest absolute Gasteiger partial charge is 0.495 e. The van der Waals surface area contributed by atoms with E-state index in [4.69, 9.17) is 4.74 Å². The fourth-order valence-corrected chi connectivity index (χ4v) is 4.40. The van der Waals surface area contributed by atoms with Gasteiger partial charge >= 0.3 is 6.61 Å². The lowest BCUT2D eigenvalue weighted by molar-refractivity contribution is -0.0523. The number of rotatable bonds is 6. The zero-order valence-electron chi connectivity index (χ0n) is 15.9. The first-order chi connectivity index (χ1) is 13.7. The van der Waals surface area contributed by atoms with Crippen molar-refractivity contribution in [2.45, 2.75) is 16.4 Å². The van der Waals surface area contributed by atoms with Crippen LogP contribution in [0, 0.1) is 5.82 Å². The zero-order valence-corrected chi connectivity index (χ0v) is 16.8. The van der Waals surface area contributed by atoms with Gasteiger partial charge < -0.3 is 19.3 Å². The first-order valence-electron chi connectivity index (χ1n) is 8.83. The molecule has 0 amide bonds. The quantitative estimate of drug-likeness (QED) is 0.657. The zero-order chi connectivity index (χ0) is 21.2. The molecule has 0 unspecified atom stereocenters. The number of sulfone groups is 1. The number of methoxy groups -OCH3 is 1. The monoisotopic (exact) mass is 430 g/mol. The molecular weight excluding hydrogens is 409 g/mol. The predicted octanol–water partition coefficient (Wildman–Crippen LogP) is 3.02. The number of piperazine rings is 1. The summed E-state index contributed by atoms with van der Waals surface area (Å²) in [4.78, 5) is 3.78. The summed E-state index contributed by atoms with van der Waals surface area (Å²) >= 11 is 0. The summed E-state index contributed by atoms with van der Waals surface area (Å²) in [5, 5.41) is 0. The fraction of sp³-hybridized carbons (Fsp3) is 0.368. The molecule has 0 atom stereocenters. The number of hydrogen-bond acceptors (Lipinski definition) is 6. The van der Waals surface area contributed by atoms with Crippen LogP contribution in [0.5, 0.6) is 11.5 Å². The van der Waals surface area contributed by atoms with Gasteiger partial charge in [0, 0.05) is 32.2 Å². The second kappa shape index (κ2) is 8.50. The Morgan fingerprint density at radius 3 is 2.21 bits per heavy atom. The van der Waals surface area contributed by atoms with E-state index in [0.717, 1.165) is 31.3 Å². The standard InChI is InChI=1S/C19H21F3N2O4S/c1-23-7-9-24(10-8-23)16-11-13(4-6-17(16)27-2)29(25,26)14-3-5-15(20)18(12-14)28-19(21)22/h3-6,11-12,19H,7-10H2,1-2H3. The summed E-state index contributed by atoms with van der Waals surface area (Å²) < 4.78 is 74.1. The summed E-state index contributed by atoms with van der Waals surface area (Å²) in [5.74, 6) is -1.37. The third-order valence-corrected chi connectivity index (χ3v) is 6.48. The number of anilines is 1. The van der Waals surface area contributed by atoms with Crippen LogP contribution in [-0.4, -0.2) is 60.3 Å². The van der Waals surface area contributed by atoms with Gasteiger partial charge in [0.2, 0.25) is 9.84 Å². The van der Waals surface area contributed by atoms with Crippen LogP contribution < -0.4 is 14.4 Å². The van der Waals surface area contributed by atoms with Crippen LogP contribution in [0.3, 0.4) is 0 Å². The Hall–Kier alpha value is -2.46. The number of benzene rings is 2. The van der Waals surface area contributed by atoms with Gasteiger partial charge in [-0.2, -0.15) is 8.78 Å². The molecule has 0 radical (unpaired) electrons. The Morgan fingerprint density at radius 2 is 1.59 bits per heavy atom. The van der Waals surface area contributed by atoms with Crippen molar-refractivity contribution < 1.29 is 31.1 Å². The van der Waals surface area contributed by atoms with Crippen LogP contribution in [0.25, 0.3) is 0 Å². The molecule has 1 aliphatic rings. The van der Waals surface area contributed by atoms with Gasteiger partial charge in [-0.15, -0.1) is 0 Å². The molecule has 1 aliphatic heterocycles. The molecule has 1 saturated heterocycles. The fourth-order valence-electron chi connectivity index (χ4n) is 3.10. The Morgan fingerprint density at radius 1 is 0.966 bits per heavy atom. The van der Waals surface area contributed by atoms with Crippen LogP contribution in [-0.2, 0) is 9.84 Å². The first-order valence-corrected chi connectivity index (χ1v) is 10.3. The van der Waals surface area contributed by atoms with Gasteiger partial charge in [-0.1, -0.05) is 0 Å². The van der Waals surface area contributed by atoms with Crippen molar-refractivity contribution in [1.29, 1.82) is 0 Å². The summed E-state index contributed by atoms with van der Waals surface area (Å²) in [7, 11) is -0.595. The maximum atomic E-state index is 13.7. The summed E-state index contributed by atoms with van der Waals surface area (Å²) in [6, 6.07) is 6.96. The molecule has 1 heterocycles. The van der Waals surface area contributed by atoms with E-state index in [2.05, 4.69) is 9.64 Å². The van der Waals surface area contributed by atoms with Crippen LogP contribution in [0.4, 0.5) is 18.9 Å². The third kappa shape index (κ3) is 4.59. The lowest BCUT2D eigenvalue weighted by Gasteiger charge is -2.34. The molecule has 2 aromatic rings. The number of halogens is 3. The topological polar surface area (TPSA) is 59.1 Å². The summed E-state index contributed by atoms with van der Waals surface area (Å²) in [6.45, 7) is -0.260. The first kappa shape index (κ1) is 21.3. The Labute approximate surface area is 167 Å². The van der Waals surface area contributed by atoms with Crippen molar-refractivity contribution in [1.82, 2.24) is 4.90 Å². The van der Waals surface area contributed by atoms with Gasteiger partial charge in [0.05, 0.1) is 22.6 Å². The van der Waals surface area contributed by atoms with Crippen molar-refractivity contribution >= 4 is 15.5 Å². The summed E-state index contributed by atoms with van der Waals surface area (Å²) in [5.41, 5.74) is 0.618. The molecular formula is C19H21F3N2O4S. The van der Waals surface area contributed by atoms with Crippen LogP contribution in [0.15, 0.2) is 46.2 Å².